The predicted octanol–water partition coefficient (Wildman–Crippen LogP) is -0.00710. The van der Waals surface area contributed by atoms with E-state index in [1.165, 1.54) is 9.80 Å². The first kappa shape index (κ1) is 40.9. The number of amides is 1. The van der Waals surface area contributed by atoms with Crippen LogP contribution < -0.4 is 11.1 Å². The molecule has 1 amide bonds. The number of carbonyl (C=O) groups is 6. The summed E-state index contributed by atoms with van der Waals surface area (Å²) in [4.78, 5) is 74.1. The van der Waals surface area contributed by atoms with Gasteiger partial charge in [0.1, 0.15) is 5.72 Å². The Balaban J connectivity index is 3.27. The molecule has 1 rings (SSSR count). The zero-order chi connectivity index (χ0) is 35.9. The second-order valence-corrected chi connectivity index (χ2v) is 12.1. The Morgan fingerprint density at radius 2 is 1.21 bits per heavy atom. The topological polar surface area (TPSA) is 261 Å². The highest BCUT2D eigenvalue weighted by Crippen LogP contribution is 2.29. The summed E-state index contributed by atoms with van der Waals surface area (Å²) in [6.45, 7) is 3.80. The summed E-state index contributed by atoms with van der Waals surface area (Å²) in [5, 5.41) is 49.6. The smallest absolute Gasteiger partial charge is 0.317 e. The Bertz CT molecular complexity index is 1210. The number of nitrogens with zero attached hydrogens (tertiary/aromatic N) is 3. The maximum Gasteiger partial charge on any atom is 0.317 e. The molecule has 0 aliphatic heterocycles. The average molecular weight is 670 g/mol. The molecular weight excluding hydrogens is 622 g/mol. The van der Waals surface area contributed by atoms with Crippen LogP contribution in [-0.4, -0.2) is 147 Å². The third-order valence-electron chi connectivity index (χ3n) is 7.04. The first-order valence-electron chi connectivity index (χ1n) is 14.8. The summed E-state index contributed by atoms with van der Waals surface area (Å²) in [6.07, 6.45) is 0.309. The Hall–Kier alpha value is -4.16. The van der Waals surface area contributed by atoms with Gasteiger partial charge >= 0.3 is 29.8 Å². The molecule has 1 aromatic carbocycles. The van der Waals surface area contributed by atoms with E-state index in [1.54, 1.807) is 52.0 Å². The molecule has 0 heterocycles. The van der Waals surface area contributed by atoms with E-state index in [2.05, 4.69) is 5.32 Å². The minimum absolute atomic E-state index is 0.0737. The molecule has 17 heteroatoms. The molecule has 264 valence electrons. The van der Waals surface area contributed by atoms with Crippen LogP contribution >= 0.6 is 0 Å². The van der Waals surface area contributed by atoms with Crippen molar-refractivity contribution in [2.45, 2.75) is 52.3 Å². The zero-order valence-corrected chi connectivity index (χ0v) is 27.2. The number of benzene rings is 1. The van der Waals surface area contributed by atoms with Gasteiger partial charge in [0, 0.05) is 49.8 Å². The van der Waals surface area contributed by atoms with Crippen molar-refractivity contribution in [3.63, 3.8) is 0 Å². The van der Waals surface area contributed by atoms with Crippen molar-refractivity contribution in [2.24, 2.45) is 11.1 Å². The van der Waals surface area contributed by atoms with Crippen molar-refractivity contribution in [1.82, 2.24) is 14.7 Å². The Labute approximate surface area is 272 Å². The lowest BCUT2D eigenvalue weighted by Crippen LogP contribution is -2.51. The molecule has 17 nitrogen and oxygen atoms in total. The van der Waals surface area contributed by atoms with Crippen LogP contribution in [0.25, 0.3) is 0 Å². The summed E-state index contributed by atoms with van der Waals surface area (Å²) < 4.78 is 5.53. The van der Waals surface area contributed by atoms with Gasteiger partial charge in [-0.2, -0.15) is 0 Å². The standard InChI is InChI=1S/C30H47N5O12/c1-5-47-30(4,31)19-29(2,3)28(46)32-21-8-6-20(7-9-21)12-22(35(17-26(42)43)18-27(44)45)13-33(14-23(36)37)10-11-34(15-24(38)39)16-25(40)41/h6-9,22H,5,10-19,31H2,1-4H3,(H,32,46)(H,36,37)(H,38,39)(H,40,41)(H,42,43)(H,44,45). The van der Waals surface area contributed by atoms with E-state index in [0.717, 1.165) is 4.90 Å². The number of hydrogen-bond acceptors (Lipinski definition) is 11. The minimum atomic E-state index is -1.31. The number of carboxylic acid groups (broad SMARTS) is 5. The van der Waals surface area contributed by atoms with Crippen LogP contribution in [0.15, 0.2) is 24.3 Å². The summed E-state index contributed by atoms with van der Waals surface area (Å²) in [6, 6.07) is 5.70. The quantitative estimate of drug-likeness (QED) is 0.0714. The number of aliphatic carboxylic acids is 5. The number of rotatable bonds is 24. The van der Waals surface area contributed by atoms with Gasteiger partial charge in [-0.25, -0.2) is 0 Å². The van der Waals surface area contributed by atoms with Crippen LogP contribution in [0, 0.1) is 5.41 Å². The second kappa shape index (κ2) is 18.9. The third-order valence-corrected chi connectivity index (χ3v) is 7.04. The van der Waals surface area contributed by atoms with Gasteiger partial charge in [-0.15, -0.1) is 0 Å². The number of carboxylic acids is 5. The molecule has 47 heavy (non-hydrogen) atoms. The van der Waals surface area contributed by atoms with Gasteiger partial charge in [0.2, 0.25) is 5.91 Å². The monoisotopic (exact) mass is 669 g/mol. The SMILES string of the molecule is CCOC(C)(N)CC(C)(C)C(=O)Nc1ccc(CC(CN(CCN(CC(=O)O)CC(=O)O)CC(=O)O)N(CC(=O)O)CC(=O)O)cc1. The van der Waals surface area contributed by atoms with Crippen LogP contribution in [0.2, 0.25) is 0 Å². The van der Waals surface area contributed by atoms with Crippen LogP contribution in [0.1, 0.15) is 39.7 Å². The van der Waals surface area contributed by atoms with Crippen molar-refractivity contribution in [3.8, 4) is 0 Å². The van der Waals surface area contributed by atoms with E-state index in [0.29, 0.717) is 17.9 Å². The van der Waals surface area contributed by atoms with E-state index in [-0.39, 0.29) is 38.4 Å². The predicted molar refractivity (Wildman–Crippen MR) is 168 cm³/mol. The fourth-order valence-electron chi connectivity index (χ4n) is 5.21. The zero-order valence-electron chi connectivity index (χ0n) is 27.2. The number of carbonyl (C=O) groups excluding carboxylic acids is 1. The fraction of sp³-hybridized carbons (Fsp3) is 0.600. The fourth-order valence-corrected chi connectivity index (χ4v) is 5.21. The lowest BCUT2D eigenvalue weighted by atomic mass is 9.83. The van der Waals surface area contributed by atoms with Gasteiger partial charge in [-0.1, -0.05) is 26.0 Å². The first-order chi connectivity index (χ1) is 21.7. The highest BCUT2D eigenvalue weighted by atomic mass is 16.5. The summed E-state index contributed by atoms with van der Waals surface area (Å²) in [5.74, 6) is -6.75. The van der Waals surface area contributed by atoms with Gasteiger partial charge in [0.15, 0.2) is 0 Å². The highest BCUT2D eigenvalue weighted by molar-refractivity contribution is 5.94. The number of anilines is 1. The molecule has 0 aliphatic rings. The minimum Gasteiger partial charge on any atom is -0.480 e. The molecule has 0 radical (unpaired) electrons. The molecule has 2 unspecified atom stereocenters. The lowest BCUT2D eigenvalue weighted by Gasteiger charge is -2.34. The average Bonchev–Trinajstić information content (AvgIpc) is 2.89. The number of nitrogens with two attached hydrogens (primary N) is 1. The van der Waals surface area contributed by atoms with E-state index >= 15 is 0 Å². The molecule has 0 fully saturated rings. The normalized spacial score (nSPS) is 13.7. The largest absolute Gasteiger partial charge is 0.480 e. The van der Waals surface area contributed by atoms with E-state index in [9.17, 15) is 44.1 Å². The van der Waals surface area contributed by atoms with Gasteiger partial charge in [-0.3, -0.25) is 43.5 Å². The maximum absolute atomic E-state index is 13.0. The van der Waals surface area contributed by atoms with Crippen molar-refractivity contribution in [2.75, 3.05) is 64.3 Å². The number of ether oxygens (including phenoxy) is 1. The molecule has 0 saturated heterocycles. The molecular formula is C30H47N5O12. The van der Waals surface area contributed by atoms with Gasteiger partial charge in [0.25, 0.3) is 0 Å². The Morgan fingerprint density at radius 1 is 0.766 bits per heavy atom. The summed E-state index contributed by atoms with van der Waals surface area (Å²) >= 11 is 0. The second-order valence-electron chi connectivity index (χ2n) is 12.1. The molecule has 1 aromatic rings. The van der Waals surface area contributed by atoms with E-state index in [4.69, 9.17) is 20.7 Å². The van der Waals surface area contributed by atoms with E-state index < -0.39 is 79.8 Å². The van der Waals surface area contributed by atoms with Crippen molar-refractivity contribution in [1.29, 1.82) is 0 Å². The highest BCUT2D eigenvalue weighted by Gasteiger charge is 2.36. The van der Waals surface area contributed by atoms with Gasteiger partial charge < -0.3 is 41.3 Å². The molecule has 2 atom stereocenters. The maximum atomic E-state index is 13.0. The van der Waals surface area contributed by atoms with Crippen molar-refractivity contribution < 1.29 is 59.0 Å². The van der Waals surface area contributed by atoms with Gasteiger partial charge in [0.05, 0.1) is 32.7 Å². The van der Waals surface area contributed by atoms with Gasteiger partial charge in [-0.05, 0) is 38.0 Å². The summed E-state index contributed by atoms with van der Waals surface area (Å²) in [7, 11) is 0. The molecule has 0 aliphatic carbocycles. The van der Waals surface area contributed by atoms with Crippen molar-refractivity contribution in [3.05, 3.63) is 29.8 Å². The van der Waals surface area contributed by atoms with Crippen LogP contribution in [0.4, 0.5) is 5.69 Å². The Kier molecular flexibility index (Phi) is 16.4. The summed E-state index contributed by atoms with van der Waals surface area (Å²) in [5.41, 5.74) is 5.32. The van der Waals surface area contributed by atoms with Crippen molar-refractivity contribution >= 4 is 41.4 Å². The number of nitrogens with one attached hydrogen (secondary N) is 1. The third kappa shape index (κ3) is 16.8. The van der Waals surface area contributed by atoms with Crippen LogP contribution in [0.5, 0.6) is 0 Å². The molecule has 0 spiro atoms. The van der Waals surface area contributed by atoms with E-state index in [1.807, 2.05) is 0 Å². The first-order valence-corrected chi connectivity index (χ1v) is 14.8. The van der Waals surface area contributed by atoms with Crippen LogP contribution in [-0.2, 0) is 39.9 Å². The van der Waals surface area contributed by atoms with Crippen LogP contribution in [0.3, 0.4) is 0 Å². The lowest BCUT2D eigenvalue weighted by molar-refractivity contribution is -0.144. The molecule has 0 bridgehead atoms. The molecule has 8 N–H and O–H groups in total. The molecule has 0 saturated carbocycles. The molecule has 0 aromatic heterocycles. The number of hydrogen-bond donors (Lipinski definition) is 7. The Morgan fingerprint density at radius 3 is 1.66 bits per heavy atom.